The molecule has 2 rings (SSSR count). The largest absolute Gasteiger partial charge is 0.507 e. The molecule has 6 heteroatoms. The topological polar surface area (TPSA) is 104 Å². The predicted molar refractivity (Wildman–Crippen MR) is 147 cm³/mol. The van der Waals surface area contributed by atoms with E-state index in [0.29, 0.717) is 11.1 Å². The Bertz CT molecular complexity index is 997. The Morgan fingerprint density at radius 2 is 1.00 bits per heavy atom. The van der Waals surface area contributed by atoms with E-state index in [0.717, 1.165) is 22.3 Å². The first-order chi connectivity index (χ1) is 17.2. The Morgan fingerprint density at radius 3 is 1.22 bits per heavy atom. The van der Waals surface area contributed by atoms with Crippen LogP contribution in [0.25, 0.3) is 0 Å². The Hall–Kier alpha value is -3.02. The van der Waals surface area contributed by atoms with Crippen LogP contribution in [-0.4, -0.2) is 33.9 Å². The minimum atomic E-state index is -1.88. The van der Waals surface area contributed by atoms with E-state index in [1.54, 1.807) is 31.2 Å². The minimum absolute atomic E-state index is 0.0126. The fourth-order valence-corrected chi connectivity index (χ4v) is 4.87. The van der Waals surface area contributed by atoms with Gasteiger partial charge in [0.25, 0.3) is 0 Å². The first-order valence-corrected chi connectivity index (χ1v) is 13.3. The van der Waals surface area contributed by atoms with Crippen molar-refractivity contribution >= 4 is 11.9 Å². The third kappa shape index (κ3) is 6.46. The number of ether oxygens (including phenoxy) is 1. The number of carbonyl (C=O) groups excluding carboxylic acids is 1. The Balaban J connectivity index is 2.78. The molecule has 0 bridgehead atoms. The fourth-order valence-electron chi connectivity index (χ4n) is 4.87. The van der Waals surface area contributed by atoms with Crippen LogP contribution in [0.1, 0.15) is 119 Å². The smallest absolute Gasteiger partial charge is 0.324 e. The summed E-state index contributed by atoms with van der Waals surface area (Å²) in [6.45, 7) is 17.5. The van der Waals surface area contributed by atoms with Crippen molar-refractivity contribution in [1.29, 1.82) is 0 Å². The lowest BCUT2D eigenvalue weighted by atomic mass is 9.74. The lowest BCUT2D eigenvalue weighted by Crippen LogP contribution is -2.44. The van der Waals surface area contributed by atoms with Gasteiger partial charge in [-0.1, -0.05) is 79.7 Å². The van der Waals surface area contributed by atoms with Crippen LogP contribution in [0.4, 0.5) is 0 Å². The van der Waals surface area contributed by atoms with Gasteiger partial charge in [-0.25, -0.2) is 0 Å². The van der Waals surface area contributed by atoms with Crippen molar-refractivity contribution in [1.82, 2.24) is 0 Å². The fraction of sp³-hybridized carbons (Fsp3) is 0.548. The van der Waals surface area contributed by atoms with Crippen molar-refractivity contribution in [2.24, 2.45) is 5.41 Å². The van der Waals surface area contributed by atoms with Crippen molar-refractivity contribution in [2.75, 3.05) is 6.61 Å². The van der Waals surface area contributed by atoms with Crippen LogP contribution in [-0.2, 0) is 27.2 Å². The summed E-state index contributed by atoms with van der Waals surface area (Å²) in [5.41, 5.74) is 2.32. The van der Waals surface area contributed by atoms with E-state index in [-0.39, 0.29) is 54.6 Å². The summed E-state index contributed by atoms with van der Waals surface area (Å²) in [5, 5.41) is 32.3. The molecule has 3 N–H and O–H groups in total. The van der Waals surface area contributed by atoms with E-state index >= 15 is 0 Å². The maximum absolute atomic E-state index is 13.4. The predicted octanol–water partition coefficient (Wildman–Crippen LogP) is 7.01. The summed E-state index contributed by atoms with van der Waals surface area (Å²) in [6.07, 6.45) is -0.175. The average Bonchev–Trinajstić information content (AvgIpc) is 2.79. The molecule has 37 heavy (non-hydrogen) atoms. The number of esters is 1. The highest BCUT2D eigenvalue weighted by Gasteiger charge is 2.48. The molecule has 0 saturated carbocycles. The van der Waals surface area contributed by atoms with Gasteiger partial charge in [0.05, 0.1) is 6.61 Å². The van der Waals surface area contributed by atoms with Gasteiger partial charge in [0.2, 0.25) is 0 Å². The number of benzene rings is 2. The molecule has 6 nitrogen and oxygen atoms in total. The zero-order chi connectivity index (χ0) is 28.2. The molecule has 0 aliphatic carbocycles. The molecule has 0 amide bonds. The van der Waals surface area contributed by atoms with Gasteiger partial charge in [0.1, 0.15) is 11.5 Å². The third-order valence-electron chi connectivity index (χ3n) is 7.03. The number of rotatable bonds is 11. The van der Waals surface area contributed by atoms with Crippen LogP contribution in [0.15, 0.2) is 24.3 Å². The van der Waals surface area contributed by atoms with Crippen LogP contribution < -0.4 is 0 Å². The normalized spacial score (nSPS) is 12.1. The Labute approximate surface area is 221 Å². The van der Waals surface area contributed by atoms with E-state index in [4.69, 9.17) is 4.74 Å². The molecular weight excluding hydrogens is 468 g/mol. The maximum atomic E-state index is 13.4. The van der Waals surface area contributed by atoms with E-state index in [1.807, 2.05) is 55.4 Å². The van der Waals surface area contributed by atoms with Crippen LogP contribution in [0.2, 0.25) is 0 Å². The van der Waals surface area contributed by atoms with E-state index in [1.165, 1.54) is 0 Å². The number of phenolic OH excluding ortho intramolecular Hbond substituents is 2. The molecule has 0 fully saturated rings. The molecule has 0 aromatic heterocycles. The minimum Gasteiger partial charge on any atom is -0.507 e. The molecule has 0 aliphatic rings. The first kappa shape index (κ1) is 30.2. The number of hydrogen-bond acceptors (Lipinski definition) is 5. The molecule has 0 spiro atoms. The molecule has 0 unspecified atom stereocenters. The lowest BCUT2D eigenvalue weighted by Gasteiger charge is -2.29. The van der Waals surface area contributed by atoms with E-state index in [2.05, 4.69) is 0 Å². The van der Waals surface area contributed by atoms with Gasteiger partial charge < -0.3 is 20.1 Å². The monoisotopic (exact) mass is 512 g/mol. The number of hydrogen-bond donors (Lipinski definition) is 3. The first-order valence-electron chi connectivity index (χ1n) is 13.3. The van der Waals surface area contributed by atoms with Gasteiger partial charge in [-0.05, 0) is 76.8 Å². The quantitative estimate of drug-likeness (QED) is 0.221. The zero-order valence-corrected chi connectivity index (χ0v) is 23.8. The molecule has 0 aliphatic heterocycles. The Kier molecular flexibility index (Phi) is 9.81. The van der Waals surface area contributed by atoms with Gasteiger partial charge in [0, 0.05) is 0 Å². The van der Waals surface area contributed by atoms with Crippen LogP contribution in [0.3, 0.4) is 0 Å². The van der Waals surface area contributed by atoms with Crippen molar-refractivity contribution in [3.05, 3.63) is 57.6 Å². The summed E-state index contributed by atoms with van der Waals surface area (Å²) < 4.78 is 5.35. The van der Waals surface area contributed by atoms with E-state index < -0.39 is 17.4 Å². The molecule has 0 heterocycles. The van der Waals surface area contributed by atoms with E-state index in [9.17, 15) is 24.9 Å². The highest BCUT2D eigenvalue weighted by Crippen LogP contribution is 2.40. The van der Waals surface area contributed by atoms with Crippen molar-refractivity contribution in [2.45, 2.75) is 98.8 Å². The Morgan fingerprint density at radius 1 is 0.703 bits per heavy atom. The molecule has 0 atom stereocenters. The van der Waals surface area contributed by atoms with Crippen molar-refractivity contribution < 1.29 is 29.6 Å². The van der Waals surface area contributed by atoms with Crippen LogP contribution >= 0.6 is 0 Å². The molecule has 0 saturated heterocycles. The number of aliphatic carboxylic acids is 1. The SMILES string of the molecule is CCOC(=O)C(Cc1cc(C(C)C)c(O)c(C(C)C)c1)(Cc1cc(C(C)C)c(O)c(C(C)C)c1)C(=O)O. The number of phenols is 2. The summed E-state index contributed by atoms with van der Waals surface area (Å²) >= 11 is 0. The van der Waals surface area contributed by atoms with Gasteiger partial charge in [-0.3, -0.25) is 9.59 Å². The van der Waals surface area contributed by atoms with Gasteiger partial charge in [0.15, 0.2) is 5.41 Å². The number of carboxylic acid groups (broad SMARTS) is 1. The molecular formula is C31H44O6. The second-order valence-electron chi connectivity index (χ2n) is 11.3. The summed E-state index contributed by atoms with van der Waals surface area (Å²) in [5.74, 6) is -1.58. The number of aromatic hydroxyl groups is 2. The summed E-state index contributed by atoms with van der Waals surface area (Å²) in [4.78, 5) is 26.4. The highest BCUT2D eigenvalue weighted by atomic mass is 16.5. The van der Waals surface area contributed by atoms with Crippen LogP contribution in [0.5, 0.6) is 11.5 Å². The highest BCUT2D eigenvalue weighted by molar-refractivity contribution is 6.00. The van der Waals surface area contributed by atoms with Gasteiger partial charge in [-0.15, -0.1) is 0 Å². The summed E-state index contributed by atoms with van der Waals surface area (Å²) in [7, 11) is 0. The number of carboxylic acids is 1. The standard InChI is InChI=1S/C31H44O6/c1-10-37-30(36)31(29(34)35,15-21-11-23(17(2)3)27(32)24(12-21)18(4)5)16-22-13-25(19(6)7)28(33)26(14-22)20(8)9/h11-14,17-20,32-33H,10,15-16H2,1-9H3,(H,34,35). The lowest BCUT2D eigenvalue weighted by molar-refractivity contribution is -0.168. The van der Waals surface area contributed by atoms with Crippen molar-refractivity contribution in [3.63, 3.8) is 0 Å². The summed E-state index contributed by atoms with van der Waals surface area (Å²) in [6, 6.07) is 7.22. The van der Waals surface area contributed by atoms with Gasteiger partial charge in [-0.2, -0.15) is 0 Å². The zero-order valence-electron chi connectivity index (χ0n) is 23.8. The second-order valence-corrected chi connectivity index (χ2v) is 11.3. The van der Waals surface area contributed by atoms with Gasteiger partial charge >= 0.3 is 11.9 Å². The molecule has 0 radical (unpaired) electrons. The second kappa shape index (κ2) is 12.0. The maximum Gasteiger partial charge on any atom is 0.324 e. The molecule has 2 aromatic rings. The average molecular weight is 513 g/mol. The van der Waals surface area contributed by atoms with Crippen LogP contribution in [0, 0.1) is 5.41 Å². The van der Waals surface area contributed by atoms with Crippen molar-refractivity contribution in [3.8, 4) is 11.5 Å². The third-order valence-corrected chi connectivity index (χ3v) is 7.03. The molecule has 2 aromatic carbocycles. The number of carbonyl (C=O) groups is 2. The molecule has 204 valence electrons.